The van der Waals surface area contributed by atoms with E-state index in [4.69, 9.17) is 28.4 Å². The van der Waals surface area contributed by atoms with Crippen LogP contribution in [0.15, 0.2) is 0 Å². The lowest BCUT2D eigenvalue weighted by Gasteiger charge is -2.22. The normalized spacial score (nSPS) is 13.6. The quantitative estimate of drug-likeness (QED) is 0.0604. The molecule has 65 heavy (non-hydrogen) atoms. The molecule has 29 nitrogen and oxygen atoms in total. The van der Waals surface area contributed by atoms with Crippen molar-refractivity contribution in [2.24, 2.45) is 0 Å². The highest BCUT2D eigenvalue weighted by Gasteiger charge is 2.40. The highest BCUT2D eigenvalue weighted by Crippen LogP contribution is 2.17. The maximum absolute atomic E-state index is 13.2. The van der Waals surface area contributed by atoms with Crippen LogP contribution < -0.4 is 0 Å². The fourth-order valence-corrected chi connectivity index (χ4v) is 4.32. The number of hydrogen-bond acceptors (Lipinski definition) is 29. The SMILES string of the molecule is COC(=O)C[C@H](OC(=O)C[C@H](OC(=O)C[C@H](O)C(=O)O[C@@H](CC(=O)O[C@@H](CC(=O)OC)C(=O)OC)C(=O)O[C@@H](CC(=O)OC)C(=O)OC)C(=O)O[C@@H](CC(=O)OC)C(=O)OC)C(=O)OC. The molecule has 0 saturated carbocycles. The molecule has 0 radical (unpaired) electrons. The summed E-state index contributed by atoms with van der Waals surface area (Å²) in [5.41, 5.74) is 0. The fourth-order valence-electron chi connectivity index (χ4n) is 4.32. The summed E-state index contributed by atoms with van der Waals surface area (Å²) >= 11 is 0. The summed E-state index contributed by atoms with van der Waals surface area (Å²) in [7, 11) is 6.97. The Bertz CT molecular complexity index is 1770. The average molecular weight is 943 g/mol. The van der Waals surface area contributed by atoms with E-state index in [2.05, 4.69) is 37.9 Å². The molecule has 1 N–H and O–H groups in total. The second-order valence-corrected chi connectivity index (χ2v) is 12.1. The number of carbonyl (C=O) groups is 14. The first-order valence-corrected chi connectivity index (χ1v) is 18.0. The van der Waals surface area contributed by atoms with Crippen LogP contribution in [0.2, 0.25) is 0 Å². The lowest BCUT2D eigenvalue weighted by atomic mass is 10.2. The first-order chi connectivity index (χ1) is 30.5. The monoisotopic (exact) mass is 942 g/mol. The topological polar surface area (TPSA) is 388 Å². The van der Waals surface area contributed by atoms with E-state index < -0.39 is 171 Å². The van der Waals surface area contributed by atoms with Crippen LogP contribution in [0.4, 0.5) is 0 Å². The van der Waals surface area contributed by atoms with Crippen LogP contribution in [0.3, 0.4) is 0 Å². The van der Waals surface area contributed by atoms with Crippen molar-refractivity contribution in [2.45, 2.75) is 87.7 Å². The Labute approximate surface area is 366 Å². The van der Waals surface area contributed by atoms with Crippen molar-refractivity contribution in [3.8, 4) is 0 Å². The highest BCUT2D eigenvalue weighted by atomic mass is 16.6. The van der Waals surface area contributed by atoms with Gasteiger partial charge in [0.2, 0.25) is 36.6 Å². The predicted octanol–water partition coefficient (Wildman–Crippen LogP) is -4.07. The Kier molecular flexibility index (Phi) is 26.4. The molecule has 0 spiro atoms. The minimum absolute atomic E-state index is 0.816. The van der Waals surface area contributed by atoms with E-state index in [0.29, 0.717) is 0 Å². The third-order valence-electron chi connectivity index (χ3n) is 7.63. The van der Waals surface area contributed by atoms with Crippen LogP contribution >= 0.6 is 0 Å². The Morgan fingerprint density at radius 1 is 0.262 bits per heavy atom. The van der Waals surface area contributed by atoms with E-state index in [0.717, 1.165) is 56.9 Å². The van der Waals surface area contributed by atoms with Gasteiger partial charge < -0.3 is 71.4 Å². The summed E-state index contributed by atoms with van der Waals surface area (Å²) in [6.45, 7) is 0. The van der Waals surface area contributed by atoms with Gasteiger partial charge >= 0.3 is 83.6 Å². The van der Waals surface area contributed by atoms with Crippen molar-refractivity contribution in [3.05, 3.63) is 0 Å². The molecule has 0 bridgehead atoms. The number of esters is 14. The first kappa shape index (κ1) is 57.5. The standard InChI is InChI=1S/C36H46O29/c1-52-23(38)10-17(31(46)56-5)60-28(43)14-21(35(50)64-19(33(48)58-7)12-25(40)54-3)62-27(42)9-16(37)30(45)63-22(36(51)65-20(34(49)59-8)13-26(41)55-4)15-29(44)61-18(32(47)57-6)11-24(39)53-2/h16-22,37H,9-15H2,1-8H3/t16-,17-,18-,19-,20-,21-,22-/m0/s1. The van der Waals surface area contributed by atoms with Gasteiger partial charge in [-0.15, -0.1) is 0 Å². The number of carbonyl (C=O) groups excluding carboxylic acids is 14. The number of methoxy groups -OCH3 is 8. The summed E-state index contributed by atoms with van der Waals surface area (Å²) in [4.78, 5) is 174. The molecule has 0 saturated heterocycles. The molecule has 0 rings (SSSR count). The van der Waals surface area contributed by atoms with Crippen molar-refractivity contribution in [2.75, 3.05) is 56.9 Å². The lowest BCUT2D eigenvalue weighted by molar-refractivity contribution is -0.188. The molecule has 29 heteroatoms. The van der Waals surface area contributed by atoms with Crippen molar-refractivity contribution >= 4 is 83.6 Å². The lowest BCUT2D eigenvalue weighted by Crippen LogP contribution is -2.42. The first-order valence-electron chi connectivity index (χ1n) is 18.0. The van der Waals surface area contributed by atoms with Gasteiger partial charge in [-0.2, -0.15) is 0 Å². The molecule has 0 aliphatic heterocycles. The van der Waals surface area contributed by atoms with Crippen LogP contribution in [0.25, 0.3) is 0 Å². The van der Waals surface area contributed by atoms with Crippen molar-refractivity contribution in [1.29, 1.82) is 0 Å². The molecule has 0 aliphatic rings. The molecule has 0 aromatic rings. The molecular weight excluding hydrogens is 896 g/mol. The van der Waals surface area contributed by atoms with Gasteiger partial charge in [-0.1, -0.05) is 0 Å². The zero-order valence-corrected chi connectivity index (χ0v) is 35.9. The minimum atomic E-state index is -2.73. The van der Waals surface area contributed by atoms with E-state index >= 15 is 0 Å². The fraction of sp³-hybridized carbons (Fsp3) is 0.611. The Morgan fingerprint density at radius 3 is 0.723 bits per heavy atom. The number of aliphatic hydroxyl groups is 1. The minimum Gasteiger partial charge on any atom is -0.469 e. The molecule has 0 unspecified atom stereocenters. The van der Waals surface area contributed by atoms with Gasteiger partial charge in [0.25, 0.3) is 0 Å². The predicted molar refractivity (Wildman–Crippen MR) is 194 cm³/mol. The van der Waals surface area contributed by atoms with Gasteiger partial charge in [-0.05, 0) is 0 Å². The van der Waals surface area contributed by atoms with E-state index in [9.17, 15) is 72.2 Å². The Hall–Kier alpha value is -7.46. The summed E-state index contributed by atoms with van der Waals surface area (Å²) in [5.74, 6) is -20.3. The van der Waals surface area contributed by atoms with Crippen LogP contribution in [-0.4, -0.2) is 188 Å². The Balaban J connectivity index is 6.69. The molecule has 0 fully saturated rings. The van der Waals surface area contributed by atoms with E-state index in [1.54, 1.807) is 0 Å². The maximum Gasteiger partial charge on any atom is 0.348 e. The summed E-state index contributed by atoms with van der Waals surface area (Å²) in [6.07, 6.45) is -24.2. The van der Waals surface area contributed by atoms with Crippen molar-refractivity contribution in [3.63, 3.8) is 0 Å². The zero-order valence-electron chi connectivity index (χ0n) is 35.9. The molecule has 0 aromatic heterocycles. The molecule has 0 aliphatic carbocycles. The number of aliphatic hydroxyl groups excluding tert-OH is 1. The van der Waals surface area contributed by atoms with Gasteiger partial charge in [-0.3, -0.25) is 33.6 Å². The number of hydrogen-bond donors (Lipinski definition) is 1. The maximum atomic E-state index is 13.2. The van der Waals surface area contributed by atoms with E-state index in [1.165, 1.54) is 0 Å². The summed E-state index contributed by atoms with van der Waals surface area (Å²) < 4.78 is 64.7. The van der Waals surface area contributed by atoms with Gasteiger partial charge in [0.15, 0.2) is 6.10 Å². The molecule has 0 aromatic carbocycles. The van der Waals surface area contributed by atoms with Gasteiger partial charge in [0.1, 0.15) is 0 Å². The molecule has 7 atom stereocenters. The van der Waals surface area contributed by atoms with Crippen LogP contribution in [-0.2, 0) is 133 Å². The summed E-state index contributed by atoms with van der Waals surface area (Å²) in [5, 5.41) is 10.6. The van der Waals surface area contributed by atoms with Gasteiger partial charge in [0.05, 0.1) is 102 Å². The third-order valence-corrected chi connectivity index (χ3v) is 7.63. The number of ether oxygens (including phenoxy) is 14. The van der Waals surface area contributed by atoms with Crippen LogP contribution in [0.5, 0.6) is 0 Å². The number of rotatable bonds is 27. The van der Waals surface area contributed by atoms with E-state index in [1.807, 2.05) is 0 Å². The molecule has 0 heterocycles. The van der Waals surface area contributed by atoms with Crippen LogP contribution in [0.1, 0.15) is 44.9 Å². The molecular formula is C36H46O29. The second-order valence-electron chi connectivity index (χ2n) is 12.1. The third kappa shape index (κ3) is 21.5. The second kappa shape index (κ2) is 29.8. The van der Waals surface area contributed by atoms with Crippen LogP contribution in [0, 0.1) is 0 Å². The molecule has 0 amide bonds. The Morgan fingerprint density at radius 2 is 0.462 bits per heavy atom. The van der Waals surface area contributed by atoms with Gasteiger partial charge in [0, 0.05) is 0 Å². The van der Waals surface area contributed by atoms with Gasteiger partial charge in [-0.25, -0.2) is 33.6 Å². The largest absolute Gasteiger partial charge is 0.469 e. The molecule has 364 valence electrons. The zero-order chi connectivity index (χ0) is 50.0. The van der Waals surface area contributed by atoms with Crippen molar-refractivity contribution < 1.29 is 139 Å². The average Bonchev–Trinajstić information content (AvgIpc) is 3.28. The summed E-state index contributed by atoms with van der Waals surface area (Å²) in [6, 6.07) is 0. The van der Waals surface area contributed by atoms with E-state index in [-0.39, 0.29) is 0 Å². The van der Waals surface area contributed by atoms with Crippen molar-refractivity contribution in [1.82, 2.24) is 0 Å². The highest BCUT2D eigenvalue weighted by molar-refractivity contribution is 5.92. The smallest absolute Gasteiger partial charge is 0.348 e.